The minimum Gasteiger partial charge on any atom is -0.211 e. The van der Waals surface area contributed by atoms with E-state index in [9.17, 15) is 16.8 Å². The Hall–Kier alpha value is -2.26. The Kier molecular flexibility index (Phi) is 6.67. The van der Waals surface area contributed by atoms with Gasteiger partial charge in [-0.1, -0.05) is 54.4 Å². The highest BCUT2D eigenvalue weighted by Crippen LogP contribution is 2.27. The third kappa shape index (κ3) is 4.88. The smallest absolute Gasteiger partial charge is 0.211 e. The van der Waals surface area contributed by atoms with Gasteiger partial charge in [-0.3, -0.25) is 0 Å². The Morgan fingerprint density at radius 3 is 2.31 bits per heavy atom. The summed E-state index contributed by atoms with van der Waals surface area (Å²) < 4.78 is 56.2. The van der Waals surface area contributed by atoms with Crippen molar-refractivity contribution in [3.63, 3.8) is 0 Å². The van der Waals surface area contributed by atoms with Crippen molar-refractivity contribution in [2.75, 3.05) is 13.1 Å². The molecule has 32 heavy (non-hydrogen) atoms. The molecule has 1 saturated heterocycles. The predicted octanol–water partition coefficient (Wildman–Crippen LogP) is 4.06. The first-order valence-electron chi connectivity index (χ1n) is 10.8. The maximum absolute atomic E-state index is 13.2. The van der Waals surface area contributed by atoms with Crippen LogP contribution in [0.2, 0.25) is 0 Å². The van der Waals surface area contributed by atoms with Crippen LogP contribution in [0.5, 0.6) is 0 Å². The Morgan fingerprint density at radius 1 is 0.875 bits per heavy atom. The summed E-state index contributed by atoms with van der Waals surface area (Å²) in [5.74, 6) is 0. The first-order valence-corrected chi connectivity index (χ1v) is 13.8. The molecule has 1 atom stereocenters. The molecule has 8 heteroatoms. The van der Waals surface area contributed by atoms with E-state index in [1.165, 1.54) is 0 Å². The molecule has 3 aromatic rings. The van der Waals surface area contributed by atoms with Crippen LogP contribution < -0.4 is 4.72 Å². The van der Waals surface area contributed by atoms with E-state index < -0.39 is 20.0 Å². The molecule has 1 fully saturated rings. The lowest BCUT2D eigenvalue weighted by Crippen LogP contribution is -2.45. The normalized spacial score (nSPS) is 18.1. The summed E-state index contributed by atoms with van der Waals surface area (Å²) in [5.41, 5.74) is 1.00. The fourth-order valence-electron chi connectivity index (χ4n) is 4.20. The second-order valence-corrected chi connectivity index (χ2v) is 11.9. The summed E-state index contributed by atoms with van der Waals surface area (Å²) in [5, 5.41) is 1.84. The van der Waals surface area contributed by atoms with E-state index in [4.69, 9.17) is 0 Å². The zero-order chi connectivity index (χ0) is 22.8. The van der Waals surface area contributed by atoms with Crippen LogP contribution in [-0.4, -0.2) is 40.3 Å². The number of nitrogens with one attached hydrogen (secondary N) is 1. The van der Waals surface area contributed by atoms with Gasteiger partial charge in [0, 0.05) is 19.1 Å². The van der Waals surface area contributed by atoms with Gasteiger partial charge in [0.05, 0.1) is 9.79 Å². The van der Waals surface area contributed by atoms with E-state index in [0.29, 0.717) is 13.0 Å². The van der Waals surface area contributed by atoms with Crippen molar-refractivity contribution in [3.05, 3.63) is 72.3 Å². The number of benzene rings is 3. The SMILES string of the molecule is Cc1ccc(S(=O)(=O)N2CCCCC2CCNS(=O)(=O)c2ccc3ccccc3c2)cc1. The van der Waals surface area contributed by atoms with Gasteiger partial charge in [-0.15, -0.1) is 0 Å². The second-order valence-electron chi connectivity index (χ2n) is 8.27. The highest BCUT2D eigenvalue weighted by molar-refractivity contribution is 7.89. The van der Waals surface area contributed by atoms with E-state index in [2.05, 4.69) is 4.72 Å². The van der Waals surface area contributed by atoms with E-state index in [1.807, 2.05) is 31.2 Å². The monoisotopic (exact) mass is 472 g/mol. The van der Waals surface area contributed by atoms with Crippen LogP contribution in [0.1, 0.15) is 31.2 Å². The number of fused-ring (bicyclic) bond motifs is 1. The molecule has 0 aromatic heterocycles. The summed E-state index contributed by atoms with van der Waals surface area (Å²) in [6.45, 7) is 2.56. The summed E-state index contributed by atoms with van der Waals surface area (Å²) >= 11 is 0. The van der Waals surface area contributed by atoms with Gasteiger partial charge >= 0.3 is 0 Å². The quantitative estimate of drug-likeness (QED) is 0.562. The molecule has 6 nitrogen and oxygen atoms in total. The van der Waals surface area contributed by atoms with Gasteiger partial charge in [0.1, 0.15) is 0 Å². The zero-order valence-electron chi connectivity index (χ0n) is 18.1. The van der Waals surface area contributed by atoms with Crippen molar-refractivity contribution in [3.8, 4) is 0 Å². The molecule has 0 amide bonds. The third-order valence-electron chi connectivity index (χ3n) is 6.00. The van der Waals surface area contributed by atoms with Gasteiger partial charge in [0.15, 0.2) is 0 Å². The molecule has 1 aliphatic heterocycles. The molecule has 1 heterocycles. The highest BCUT2D eigenvalue weighted by Gasteiger charge is 2.33. The first kappa shape index (κ1) is 22.9. The molecule has 4 rings (SSSR count). The molecule has 0 aliphatic carbocycles. The van der Waals surface area contributed by atoms with Crippen molar-refractivity contribution in [2.24, 2.45) is 0 Å². The molecule has 0 bridgehead atoms. The molecule has 0 spiro atoms. The predicted molar refractivity (Wildman–Crippen MR) is 126 cm³/mol. The molecule has 0 radical (unpaired) electrons. The fourth-order valence-corrected chi connectivity index (χ4v) is 7.01. The first-order chi connectivity index (χ1) is 15.3. The lowest BCUT2D eigenvalue weighted by atomic mass is 10.0. The Labute approximate surface area is 190 Å². The van der Waals surface area contributed by atoms with Crippen LogP contribution in [0.25, 0.3) is 10.8 Å². The minimum absolute atomic E-state index is 0.180. The molecule has 1 unspecified atom stereocenters. The van der Waals surface area contributed by atoms with Crippen LogP contribution in [-0.2, 0) is 20.0 Å². The van der Waals surface area contributed by atoms with Crippen LogP contribution in [0.4, 0.5) is 0 Å². The van der Waals surface area contributed by atoms with E-state index in [1.54, 1.807) is 46.8 Å². The number of piperidine rings is 1. The Morgan fingerprint density at radius 2 is 1.56 bits per heavy atom. The average molecular weight is 473 g/mol. The summed E-state index contributed by atoms with van der Waals surface area (Å²) in [4.78, 5) is 0.496. The number of hydrogen-bond acceptors (Lipinski definition) is 4. The van der Waals surface area contributed by atoms with Crippen molar-refractivity contribution < 1.29 is 16.8 Å². The lowest BCUT2D eigenvalue weighted by molar-refractivity contribution is 0.242. The summed E-state index contributed by atoms with van der Waals surface area (Å²) in [7, 11) is -7.29. The van der Waals surface area contributed by atoms with Gasteiger partial charge in [0.25, 0.3) is 0 Å². The van der Waals surface area contributed by atoms with E-state index in [-0.39, 0.29) is 22.4 Å². The molecular formula is C24H28N2O4S2. The van der Waals surface area contributed by atoms with Crippen molar-refractivity contribution in [1.29, 1.82) is 0 Å². The highest BCUT2D eigenvalue weighted by atomic mass is 32.2. The molecule has 1 aliphatic rings. The Bertz CT molecular complexity index is 1300. The molecule has 170 valence electrons. The van der Waals surface area contributed by atoms with Crippen molar-refractivity contribution in [1.82, 2.24) is 9.03 Å². The number of hydrogen-bond donors (Lipinski definition) is 1. The van der Waals surface area contributed by atoms with Crippen LogP contribution in [0.15, 0.2) is 76.5 Å². The third-order valence-corrected chi connectivity index (χ3v) is 9.43. The molecule has 3 aromatic carbocycles. The average Bonchev–Trinajstić information content (AvgIpc) is 2.79. The largest absolute Gasteiger partial charge is 0.243 e. The standard InChI is InChI=1S/C24H28N2O4S2/c1-19-9-12-23(13-10-19)32(29,30)26-17-5-4-8-22(26)15-16-25-31(27,28)24-14-11-20-6-2-3-7-21(20)18-24/h2-3,6-7,9-14,18,22,25H,4-5,8,15-17H2,1H3. The number of rotatable bonds is 7. The van der Waals surface area contributed by atoms with Crippen LogP contribution in [0.3, 0.4) is 0 Å². The zero-order valence-corrected chi connectivity index (χ0v) is 19.7. The van der Waals surface area contributed by atoms with E-state index >= 15 is 0 Å². The van der Waals surface area contributed by atoms with Crippen LogP contribution in [0, 0.1) is 6.92 Å². The van der Waals surface area contributed by atoms with E-state index in [0.717, 1.165) is 35.6 Å². The topological polar surface area (TPSA) is 83.6 Å². The number of sulfonamides is 2. The van der Waals surface area contributed by atoms with Gasteiger partial charge in [-0.25, -0.2) is 21.6 Å². The Balaban J connectivity index is 1.46. The second kappa shape index (κ2) is 9.31. The molecule has 1 N–H and O–H groups in total. The van der Waals surface area contributed by atoms with Gasteiger partial charge in [-0.2, -0.15) is 4.31 Å². The van der Waals surface area contributed by atoms with Crippen LogP contribution >= 0.6 is 0 Å². The summed E-state index contributed by atoms with van der Waals surface area (Å²) in [6.07, 6.45) is 2.90. The number of nitrogens with zero attached hydrogens (tertiary/aromatic N) is 1. The van der Waals surface area contributed by atoms with Gasteiger partial charge in [-0.05, 0) is 61.2 Å². The minimum atomic E-state index is -3.68. The summed E-state index contributed by atoms with van der Waals surface area (Å²) in [6, 6.07) is 19.3. The van der Waals surface area contributed by atoms with Crippen molar-refractivity contribution in [2.45, 2.75) is 48.4 Å². The van der Waals surface area contributed by atoms with Gasteiger partial charge < -0.3 is 0 Å². The number of aryl methyl sites for hydroxylation is 1. The van der Waals surface area contributed by atoms with Crippen molar-refractivity contribution >= 4 is 30.8 Å². The maximum atomic E-state index is 13.2. The lowest BCUT2D eigenvalue weighted by Gasteiger charge is -2.34. The molecule has 0 saturated carbocycles. The molecular weight excluding hydrogens is 444 g/mol. The van der Waals surface area contributed by atoms with Gasteiger partial charge in [0.2, 0.25) is 20.0 Å². The maximum Gasteiger partial charge on any atom is 0.243 e. The fraction of sp³-hybridized carbons (Fsp3) is 0.333.